The molecule has 0 saturated carbocycles. The molecule has 0 aliphatic carbocycles. The average molecular weight is 237 g/mol. The first-order valence-electron chi connectivity index (χ1n) is 5.64. The zero-order valence-corrected chi connectivity index (χ0v) is 9.43. The topological polar surface area (TPSA) is 84.3 Å². The maximum atomic E-state index is 10.9. The lowest BCUT2D eigenvalue weighted by Crippen LogP contribution is -2.25. The fraction of sp³-hybridized carbons (Fsp3) is 0.545. The van der Waals surface area contributed by atoms with E-state index in [2.05, 4.69) is 15.5 Å². The van der Waals surface area contributed by atoms with Crippen molar-refractivity contribution in [3.8, 4) is 0 Å². The summed E-state index contributed by atoms with van der Waals surface area (Å²) >= 11 is 0. The van der Waals surface area contributed by atoms with Crippen molar-refractivity contribution in [3.05, 3.63) is 17.8 Å². The minimum absolute atomic E-state index is 0.150. The largest absolute Gasteiger partial charge is 0.478 e. The molecule has 2 heterocycles. The molecule has 1 aliphatic rings. The Kier molecular flexibility index (Phi) is 3.87. The molecular formula is C11H15N3O3. The SMILES string of the molecule is O=C(O)c1ccnnc1NCC1CCCOC1. The monoisotopic (exact) mass is 237 g/mol. The second kappa shape index (κ2) is 5.58. The first-order chi connectivity index (χ1) is 8.27. The second-order valence-corrected chi connectivity index (χ2v) is 4.06. The average Bonchev–Trinajstić information content (AvgIpc) is 2.38. The summed E-state index contributed by atoms with van der Waals surface area (Å²) < 4.78 is 5.36. The van der Waals surface area contributed by atoms with Crippen LogP contribution in [0.4, 0.5) is 5.82 Å². The highest BCUT2D eigenvalue weighted by Crippen LogP contribution is 2.16. The van der Waals surface area contributed by atoms with Crippen molar-refractivity contribution in [1.29, 1.82) is 0 Å². The van der Waals surface area contributed by atoms with Crippen LogP contribution in [0.15, 0.2) is 12.3 Å². The smallest absolute Gasteiger partial charge is 0.339 e. The number of carbonyl (C=O) groups is 1. The van der Waals surface area contributed by atoms with Gasteiger partial charge in [0.25, 0.3) is 0 Å². The zero-order valence-electron chi connectivity index (χ0n) is 9.43. The minimum Gasteiger partial charge on any atom is -0.478 e. The van der Waals surface area contributed by atoms with Gasteiger partial charge < -0.3 is 15.2 Å². The third-order valence-electron chi connectivity index (χ3n) is 2.76. The summed E-state index contributed by atoms with van der Waals surface area (Å²) in [4.78, 5) is 10.9. The Morgan fingerprint density at radius 2 is 2.53 bits per heavy atom. The van der Waals surface area contributed by atoms with E-state index in [1.54, 1.807) is 0 Å². The van der Waals surface area contributed by atoms with Crippen LogP contribution in [0.25, 0.3) is 0 Å². The first kappa shape index (κ1) is 11.8. The highest BCUT2D eigenvalue weighted by Gasteiger charge is 2.16. The minimum atomic E-state index is -0.998. The van der Waals surface area contributed by atoms with Crippen molar-refractivity contribution in [2.75, 3.05) is 25.1 Å². The molecule has 6 nitrogen and oxygen atoms in total. The van der Waals surface area contributed by atoms with E-state index in [9.17, 15) is 4.79 Å². The maximum absolute atomic E-state index is 10.9. The number of carboxylic acid groups (broad SMARTS) is 1. The van der Waals surface area contributed by atoms with E-state index < -0.39 is 5.97 Å². The predicted molar refractivity (Wildman–Crippen MR) is 61.0 cm³/mol. The van der Waals surface area contributed by atoms with Gasteiger partial charge in [-0.2, -0.15) is 5.10 Å². The van der Waals surface area contributed by atoms with Crippen molar-refractivity contribution in [1.82, 2.24) is 10.2 Å². The molecule has 1 saturated heterocycles. The molecule has 0 spiro atoms. The van der Waals surface area contributed by atoms with Gasteiger partial charge in [-0.1, -0.05) is 0 Å². The number of nitrogens with zero attached hydrogens (tertiary/aromatic N) is 2. The van der Waals surface area contributed by atoms with Gasteiger partial charge >= 0.3 is 5.97 Å². The highest BCUT2D eigenvalue weighted by atomic mass is 16.5. The molecule has 6 heteroatoms. The summed E-state index contributed by atoms with van der Waals surface area (Å²) in [6, 6.07) is 1.44. The van der Waals surface area contributed by atoms with Crippen LogP contribution in [0.5, 0.6) is 0 Å². The molecule has 2 N–H and O–H groups in total. The summed E-state index contributed by atoms with van der Waals surface area (Å²) in [7, 11) is 0. The summed E-state index contributed by atoms with van der Waals surface area (Å²) in [6.07, 6.45) is 3.52. The molecule has 1 aromatic heterocycles. The lowest BCUT2D eigenvalue weighted by molar-refractivity contribution is 0.0594. The van der Waals surface area contributed by atoms with E-state index in [0.717, 1.165) is 26.1 Å². The molecule has 2 rings (SSSR count). The van der Waals surface area contributed by atoms with Crippen LogP contribution in [0.3, 0.4) is 0 Å². The molecule has 1 aliphatic heterocycles. The van der Waals surface area contributed by atoms with Crippen molar-refractivity contribution in [2.45, 2.75) is 12.8 Å². The van der Waals surface area contributed by atoms with Crippen molar-refractivity contribution < 1.29 is 14.6 Å². The lowest BCUT2D eigenvalue weighted by Gasteiger charge is -2.22. The lowest BCUT2D eigenvalue weighted by atomic mass is 10.0. The number of rotatable bonds is 4. The van der Waals surface area contributed by atoms with Gasteiger partial charge in [-0.25, -0.2) is 4.79 Å². The van der Waals surface area contributed by atoms with Gasteiger partial charge in [0.1, 0.15) is 5.56 Å². The first-order valence-corrected chi connectivity index (χ1v) is 5.64. The highest BCUT2D eigenvalue weighted by molar-refractivity contribution is 5.92. The van der Waals surface area contributed by atoms with E-state index in [1.165, 1.54) is 12.3 Å². The molecule has 0 aromatic carbocycles. The Bertz CT molecular complexity index is 391. The summed E-state index contributed by atoms with van der Waals surface area (Å²) in [6.45, 7) is 2.21. The number of hydrogen-bond donors (Lipinski definition) is 2. The van der Waals surface area contributed by atoms with E-state index in [0.29, 0.717) is 18.3 Å². The molecule has 1 atom stereocenters. The summed E-state index contributed by atoms with van der Waals surface area (Å²) in [5.74, 6) is -0.264. The van der Waals surface area contributed by atoms with Crippen LogP contribution in [0.1, 0.15) is 23.2 Å². The molecule has 92 valence electrons. The number of nitrogens with one attached hydrogen (secondary N) is 1. The Labute approximate surface area is 99.0 Å². The quantitative estimate of drug-likeness (QED) is 0.813. The second-order valence-electron chi connectivity index (χ2n) is 4.06. The van der Waals surface area contributed by atoms with Crippen molar-refractivity contribution in [3.63, 3.8) is 0 Å². The van der Waals surface area contributed by atoms with E-state index >= 15 is 0 Å². The molecular weight excluding hydrogens is 222 g/mol. The fourth-order valence-electron chi connectivity index (χ4n) is 1.84. The number of carboxylic acids is 1. The summed E-state index contributed by atoms with van der Waals surface area (Å²) in [5, 5.41) is 19.5. The molecule has 0 amide bonds. The van der Waals surface area contributed by atoms with Crippen molar-refractivity contribution >= 4 is 11.8 Å². The number of hydrogen-bond acceptors (Lipinski definition) is 5. The van der Waals surface area contributed by atoms with E-state index in [1.807, 2.05) is 0 Å². The number of aromatic carboxylic acids is 1. The van der Waals surface area contributed by atoms with Gasteiger partial charge in [0, 0.05) is 13.2 Å². The Morgan fingerprint density at radius 3 is 3.24 bits per heavy atom. The van der Waals surface area contributed by atoms with Crippen molar-refractivity contribution in [2.24, 2.45) is 5.92 Å². The Hall–Kier alpha value is -1.69. The van der Waals surface area contributed by atoms with Crippen LogP contribution in [-0.4, -0.2) is 41.0 Å². The molecule has 0 radical (unpaired) electrons. The third-order valence-corrected chi connectivity index (χ3v) is 2.76. The molecule has 17 heavy (non-hydrogen) atoms. The van der Waals surface area contributed by atoms with Crippen LogP contribution >= 0.6 is 0 Å². The maximum Gasteiger partial charge on any atom is 0.339 e. The Balaban J connectivity index is 1.96. The van der Waals surface area contributed by atoms with Gasteiger partial charge in [0.05, 0.1) is 12.8 Å². The third kappa shape index (κ3) is 3.13. The fourth-order valence-corrected chi connectivity index (χ4v) is 1.84. The molecule has 0 bridgehead atoms. The van der Waals surface area contributed by atoms with E-state index in [4.69, 9.17) is 9.84 Å². The predicted octanol–water partition coefficient (Wildman–Crippen LogP) is 1.01. The van der Waals surface area contributed by atoms with Gasteiger partial charge in [0.2, 0.25) is 0 Å². The molecule has 1 fully saturated rings. The normalized spacial score (nSPS) is 19.9. The number of ether oxygens (including phenoxy) is 1. The van der Waals surface area contributed by atoms with Gasteiger partial charge in [-0.05, 0) is 24.8 Å². The standard InChI is InChI=1S/C11H15N3O3/c15-11(16)9-3-4-13-14-10(9)12-6-8-2-1-5-17-7-8/h3-4,8H,1-2,5-7H2,(H,12,14)(H,15,16). The molecule has 1 aromatic rings. The van der Waals surface area contributed by atoms with Crippen LogP contribution in [0, 0.1) is 5.92 Å². The van der Waals surface area contributed by atoms with Gasteiger partial charge in [-0.15, -0.1) is 5.10 Å². The van der Waals surface area contributed by atoms with E-state index in [-0.39, 0.29) is 5.56 Å². The zero-order chi connectivity index (χ0) is 12.1. The number of anilines is 1. The van der Waals surface area contributed by atoms with Crippen LogP contribution in [0.2, 0.25) is 0 Å². The summed E-state index contributed by atoms with van der Waals surface area (Å²) in [5.41, 5.74) is 0.150. The van der Waals surface area contributed by atoms with Crippen LogP contribution in [-0.2, 0) is 4.74 Å². The number of aromatic nitrogens is 2. The van der Waals surface area contributed by atoms with Crippen LogP contribution < -0.4 is 5.32 Å². The van der Waals surface area contributed by atoms with Gasteiger partial charge in [0.15, 0.2) is 5.82 Å². The molecule has 1 unspecified atom stereocenters. The Morgan fingerprint density at radius 1 is 1.65 bits per heavy atom. The van der Waals surface area contributed by atoms with Gasteiger partial charge in [-0.3, -0.25) is 0 Å².